The minimum atomic E-state index is 0.527. The van der Waals surface area contributed by atoms with Crippen molar-refractivity contribution in [1.82, 2.24) is 10.2 Å². The van der Waals surface area contributed by atoms with Crippen molar-refractivity contribution in [1.29, 1.82) is 0 Å². The van der Waals surface area contributed by atoms with Gasteiger partial charge in [-0.05, 0) is 32.2 Å². The summed E-state index contributed by atoms with van der Waals surface area (Å²) in [5.74, 6) is 0. The van der Waals surface area contributed by atoms with Crippen LogP contribution in [0.3, 0.4) is 0 Å². The van der Waals surface area contributed by atoms with Crippen molar-refractivity contribution >= 4 is 0 Å². The molecule has 0 spiro atoms. The third-order valence-corrected chi connectivity index (χ3v) is 4.02. The Morgan fingerprint density at radius 1 is 1.18 bits per heavy atom. The van der Waals surface area contributed by atoms with E-state index < -0.39 is 0 Å². The fourth-order valence-electron chi connectivity index (χ4n) is 3.14. The summed E-state index contributed by atoms with van der Waals surface area (Å²) in [6.07, 6.45) is 7.44. The monoisotopic (exact) mass is 240 g/mol. The Labute approximate surface area is 106 Å². The lowest BCUT2D eigenvalue weighted by molar-refractivity contribution is -0.0535. The Morgan fingerprint density at radius 2 is 1.88 bits per heavy atom. The standard InChI is InChI=1S/C14H28N2O/c1-3-5-12(9-15-8-4-2)16-10-13-6-7-14(11-16)17-13/h12-15H,3-11H2,1-2H3. The summed E-state index contributed by atoms with van der Waals surface area (Å²) < 4.78 is 5.92. The maximum absolute atomic E-state index is 5.92. The van der Waals surface area contributed by atoms with Crippen LogP contribution in [0.5, 0.6) is 0 Å². The minimum Gasteiger partial charge on any atom is -0.372 e. The maximum Gasteiger partial charge on any atom is 0.0707 e. The number of nitrogens with one attached hydrogen (secondary N) is 1. The molecular weight excluding hydrogens is 212 g/mol. The molecule has 2 fully saturated rings. The zero-order valence-corrected chi connectivity index (χ0v) is 11.5. The Balaban J connectivity index is 1.82. The van der Waals surface area contributed by atoms with Gasteiger partial charge in [-0.25, -0.2) is 0 Å². The third kappa shape index (κ3) is 3.67. The van der Waals surface area contributed by atoms with E-state index in [0.717, 1.165) is 32.2 Å². The number of ether oxygens (including phenoxy) is 1. The van der Waals surface area contributed by atoms with Crippen molar-refractivity contribution in [3.05, 3.63) is 0 Å². The molecule has 0 aromatic rings. The highest BCUT2D eigenvalue weighted by Gasteiger charge is 2.35. The zero-order chi connectivity index (χ0) is 12.1. The zero-order valence-electron chi connectivity index (χ0n) is 11.5. The van der Waals surface area contributed by atoms with Gasteiger partial charge in [-0.15, -0.1) is 0 Å². The SMILES string of the molecule is CCCNCC(CCC)N1CC2CCC(C1)O2. The van der Waals surface area contributed by atoms with Crippen molar-refractivity contribution in [2.75, 3.05) is 26.2 Å². The number of rotatable bonds is 7. The second-order valence-electron chi connectivity index (χ2n) is 5.56. The van der Waals surface area contributed by atoms with Crippen LogP contribution >= 0.6 is 0 Å². The highest BCUT2D eigenvalue weighted by atomic mass is 16.5. The van der Waals surface area contributed by atoms with Crippen LogP contribution in [0.25, 0.3) is 0 Å². The highest BCUT2D eigenvalue weighted by Crippen LogP contribution is 2.28. The van der Waals surface area contributed by atoms with Crippen LogP contribution in [-0.4, -0.2) is 49.3 Å². The van der Waals surface area contributed by atoms with Crippen molar-refractivity contribution in [3.8, 4) is 0 Å². The molecule has 0 radical (unpaired) electrons. The maximum atomic E-state index is 5.92. The van der Waals surface area contributed by atoms with Crippen LogP contribution in [0.15, 0.2) is 0 Å². The molecule has 2 heterocycles. The minimum absolute atomic E-state index is 0.527. The molecule has 0 aromatic heterocycles. The van der Waals surface area contributed by atoms with E-state index in [9.17, 15) is 0 Å². The molecule has 3 atom stereocenters. The number of hydrogen-bond donors (Lipinski definition) is 1. The van der Waals surface area contributed by atoms with Gasteiger partial charge in [0.1, 0.15) is 0 Å². The summed E-state index contributed by atoms with van der Waals surface area (Å²) in [5.41, 5.74) is 0. The number of nitrogens with zero attached hydrogens (tertiary/aromatic N) is 1. The van der Waals surface area contributed by atoms with E-state index >= 15 is 0 Å². The van der Waals surface area contributed by atoms with E-state index in [2.05, 4.69) is 24.1 Å². The van der Waals surface area contributed by atoms with E-state index in [1.54, 1.807) is 0 Å². The first-order chi connectivity index (χ1) is 8.33. The number of likely N-dealkylation sites (tertiary alicyclic amines) is 1. The fraction of sp³-hybridized carbons (Fsp3) is 1.00. The first-order valence-electron chi connectivity index (χ1n) is 7.43. The molecule has 2 aliphatic rings. The predicted molar refractivity (Wildman–Crippen MR) is 71.3 cm³/mol. The molecule has 17 heavy (non-hydrogen) atoms. The fourth-order valence-corrected chi connectivity index (χ4v) is 3.14. The molecule has 100 valence electrons. The molecule has 2 saturated heterocycles. The average molecular weight is 240 g/mol. The first-order valence-corrected chi connectivity index (χ1v) is 7.43. The van der Waals surface area contributed by atoms with Crippen LogP contribution in [-0.2, 0) is 4.74 Å². The van der Waals surface area contributed by atoms with Crippen molar-refractivity contribution in [2.24, 2.45) is 0 Å². The Hall–Kier alpha value is -0.120. The van der Waals surface area contributed by atoms with Gasteiger partial charge in [0.05, 0.1) is 12.2 Å². The van der Waals surface area contributed by atoms with Gasteiger partial charge in [0.2, 0.25) is 0 Å². The van der Waals surface area contributed by atoms with E-state index in [1.807, 2.05) is 0 Å². The Morgan fingerprint density at radius 3 is 2.47 bits per heavy atom. The lowest BCUT2D eigenvalue weighted by atomic mass is 10.1. The third-order valence-electron chi connectivity index (χ3n) is 4.02. The predicted octanol–water partition coefficient (Wildman–Crippen LogP) is 2.02. The summed E-state index contributed by atoms with van der Waals surface area (Å²) in [6, 6.07) is 0.721. The van der Waals surface area contributed by atoms with Crippen molar-refractivity contribution in [2.45, 2.75) is 64.2 Å². The first kappa shape index (κ1) is 13.3. The van der Waals surface area contributed by atoms with Gasteiger partial charge < -0.3 is 10.1 Å². The van der Waals surface area contributed by atoms with Gasteiger partial charge in [-0.1, -0.05) is 20.3 Å². The lowest BCUT2D eigenvalue weighted by Crippen LogP contribution is -2.51. The van der Waals surface area contributed by atoms with Crippen molar-refractivity contribution in [3.63, 3.8) is 0 Å². The molecule has 3 unspecified atom stereocenters. The average Bonchev–Trinajstić information content (AvgIpc) is 2.67. The van der Waals surface area contributed by atoms with Crippen LogP contribution < -0.4 is 5.32 Å². The summed E-state index contributed by atoms with van der Waals surface area (Å²) in [7, 11) is 0. The van der Waals surface area contributed by atoms with Gasteiger partial charge in [0, 0.05) is 25.7 Å². The smallest absolute Gasteiger partial charge is 0.0707 e. The molecule has 0 aliphatic carbocycles. The molecular formula is C14H28N2O. The lowest BCUT2D eigenvalue weighted by Gasteiger charge is -2.38. The van der Waals surface area contributed by atoms with Gasteiger partial charge >= 0.3 is 0 Å². The topological polar surface area (TPSA) is 24.5 Å². The van der Waals surface area contributed by atoms with Crippen molar-refractivity contribution < 1.29 is 4.74 Å². The van der Waals surface area contributed by atoms with E-state index in [1.165, 1.54) is 32.1 Å². The summed E-state index contributed by atoms with van der Waals surface area (Å²) in [4.78, 5) is 2.68. The van der Waals surface area contributed by atoms with Gasteiger partial charge in [0.15, 0.2) is 0 Å². The Bertz CT molecular complexity index is 210. The van der Waals surface area contributed by atoms with E-state index in [4.69, 9.17) is 4.74 Å². The molecule has 3 heteroatoms. The summed E-state index contributed by atoms with van der Waals surface area (Å²) in [6.45, 7) is 9.15. The molecule has 3 nitrogen and oxygen atoms in total. The van der Waals surface area contributed by atoms with Crippen LogP contribution in [0, 0.1) is 0 Å². The highest BCUT2D eigenvalue weighted by molar-refractivity contribution is 4.88. The van der Waals surface area contributed by atoms with Gasteiger partial charge in [0.25, 0.3) is 0 Å². The second-order valence-corrected chi connectivity index (χ2v) is 5.56. The summed E-state index contributed by atoms with van der Waals surface area (Å²) >= 11 is 0. The molecule has 2 aliphatic heterocycles. The van der Waals surface area contributed by atoms with Crippen LogP contribution in [0.2, 0.25) is 0 Å². The van der Waals surface area contributed by atoms with E-state index in [-0.39, 0.29) is 0 Å². The number of morpholine rings is 1. The number of hydrogen-bond acceptors (Lipinski definition) is 3. The summed E-state index contributed by atoms with van der Waals surface area (Å²) in [5, 5.41) is 3.58. The van der Waals surface area contributed by atoms with Crippen LogP contribution in [0.1, 0.15) is 46.0 Å². The Kier molecular flexibility index (Phi) is 5.26. The van der Waals surface area contributed by atoms with E-state index in [0.29, 0.717) is 12.2 Å². The van der Waals surface area contributed by atoms with Gasteiger partial charge in [-0.3, -0.25) is 4.90 Å². The molecule has 2 rings (SSSR count). The largest absolute Gasteiger partial charge is 0.372 e. The number of fused-ring (bicyclic) bond motifs is 2. The molecule has 1 N–H and O–H groups in total. The normalized spacial score (nSPS) is 30.7. The second kappa shape index (κ2) is 6.72. The van der Waals surface area contributed by atoms with Crippen LogP contribution in [0.4, 0.5) is 0 Å². The molecule has 2 bridgehead atoms. The molecule has 0 saturated carbocycles. The van der Waals surface area contributed by atoms with Gasteiger partial charge in [-0.2, -0.15) is 0 Å². The molecule has 0 aromatic carbocycles. The quantitative estimate of drug-likeness (QED) is 0.689. The molecule has 0 amide bonds.